The largest absolute Gasteiger partial charge is 0.261 e. The molecule has 19 heavy (non-hydrogen) atoms. The number of nitrogens with one attached hydrogen (secondary N) is 1. The fourth-order valence-corrected chi connectivity index (χ4v) is 2.93. The first kappa shape index (κ1) is 16.2. The van der Waals surface area contributed by atoms with Gasteiger partial charge in [-0.3, -0.25) is 0 Å². The van der Waals surface area contributed by atoms with Crippen LogP contribution in [0.15, 0.2) is 28.0 Å². The van der Waals surface area contributed by atoms with Crippen molar-refractivity contribution >= 4 is 29.8 Å². The third kappa shape index (κ3) is 4.34. The van der Waals surface area contributed by atoms with E-state index < -0.39 is 47.7 Å². The van der Waals surface area contributed by atoms with Gasteiger partial charge in [-0.25, -0.2) is 34.7 Å². The van der Waals surface area contributed by atoms with E-state index in [0.717, 1.165) is 6.07 Å². The molecule has 0 saturated heterocycles. The van der Waals surface area contributed by atoms with Crippen LogP contribution in [0.4, 0.5) is 13.2 Å². The number of hydrogen-bond acceptors (Lipinski definition) is 4. The van der Waals surface area contributed by atoms with Crippen LogP contribution in [0.3, 0.4) is 0 Å². The van der Waals surface area contributed by atoms with E-state index in [4.69, 9.17) is 10.7 Å². The second kappa shape index (κ2) is 5.65. The van der Waals surface area contributed by atoms with Crippen LogP contribution >= 0.6 is 10.7 Å². The van der Waals surface area contributed by atoms with Crippen molar-refractivity contribution in [3.63, 3.8) is 0 Å². The van der Waals surface area contributed by atoms with Gasteiger partial charge in [-0.2, -0.15) is 0 Å². The molecule has 1 aromatic rings. The molecule has 108 valence electrons. The molecule has 11 heteroatoms. The van der Waals surface area contributed by atoms with E-state index in [1.165, 1.54) is 4.72 Å². The van der Waals surface area contributed by atoms with Crippen molar-refractivity contribution in [3.8, 4) is 0 Å². The highest BCUT2D eigenvalue weighted by molar-refractivity contribution is 8.13. The standard InChI is InChI=1S/C8H7ClF3NO4S2/c9-18(14,15)5-1-2-7(6(10)3-5)19(16,17)13-4-8(11)12/h1-3,8,13H,4H2. The Morgan fingerprint density at radius 2 is 1.79 bits per heavy atom. The molecule has 1 rings (SSSR count). The third-order valence-electron chi connectivity index (χ3n) is 1.90. The summed E-state index contributed by atoms with van der Waals surface area (Å²) < 4.78 is 83.4. The topological polar surface area (TPSA) is 80.3 Å². The predicted octanol–water partition coefficient (Wildman–Crippen LogP) is 1.30. The SMILES string of the molecule is O=S(=O)(Cl)c1ccc(S(=O)(=O)NCC(F)F)c(F)c1. The minimum atomic E-state index is -4.49. The van der Waals surface area contributed by atoms with Crippen molar-refractivity contribution < 1.29 is 30.0 Å². The minimum Gasteiger partial charge on any atom is -0.209 e. The molecular weight excluding hydrogens is 331 g/mol. The predicted molar refractivity (Wildman–Crippen MR) is 60.6 cm³/mol. The number of sulfonamides is 1. The monoisotopic (exact) mass is 337 g/mol. The summed E-state index contributed by atoms with van der Waals surface area (Å²) in [5.41, 5.74) is 0. The average molecular weight is 338 g/mol. The van der Waals surface area contributed by atoms with Crippen molar-refractivity contribution in [2.75, 3.05) is 6.54 Å². The molecule has 0 spiro atoms. The van der Waals surface area contributed by atoms with Gasteiger partial charge in [0.05, 0.1) is 11.4 Å². The highest BCUT2D eigenvalue weighted by Crippen LogP contribution is 2.21. The minimum absolute atomic E-state index is 0.388. The second-order valence-corrected chi connectivity index (χ2v) is 7.57. The lowest BCUT2D eigenvalue weighted by molar-refractivity contribution is 0.153. The van der Waals surface area contributed by atoms with Gasteiger partial charge < -0.3 is 0 Å². The molecule has 1 N–H and O–H groups in total. The van der Waals surface area contributed by atoms with Crippen LogP contribution in [0.5, 0.6) is 0 Å². The van der Waals surface area contributed by atoms with Gasteiger partial charge in [0.1, 0.15) is 10.7 Å². The molecule has 0 aliphatic rings. The average Bonchev–Trinajstić information content (AvgIpc) is 2.25. The normalized spacial score (nSPS) is 12.9. The van der Waals surface area contributed by atoms with Crippen molar-refractivity contribution in [1.29, 1.82) is 0 Å². The summed E-state index contributed by atoms with van der Waals surface area (Å²) in [6.07, 6.45) is -2.94. The van der Waals surface area contributed by atoms with Gasteiger partial charge in [-0.1, -0.05) is 0 Å². The Bertz CT molecular complexity index is 675. The summed E-state index contributed by atoms with van der Waals surface area (Å²) in [6.45, 7) is -1.18. The van der Waals surface area contributed by atoms with Crippen LogP contribution < -0.4 is 4.72 Å². The van der Waals surface area contributed by atoms with Gasteiger partial charge in [-0.15, -0.1) is 0 Å². The molecule has 0 aromatic heterocycles. The van der Waals surface area contributed by atoms with E-state index in [1.807, 2.05) is 0 Å². The van der Waals surface area contributed by atoms with Gasteiger partial charge in [0, 0.05) is 10.7 Å². The van der Waals surface area contributed by atoms with Gasteiger partial charge in [0.15, 0.2) is 0 Å². The molecule has 0 unspecified atom stereocenters. The van der Waals surface area contributed by atoms with Crippen molar-refractivity contribution in [2.24, 2.45) is 0 Å². The Hall–Kier alpha value is -0.840. The number of hydrogen-bond donors (Lipinski definition) is 1. The smallest absolute Gasteiger partial charge is 0.209 e. The van der Waals surface area contributed by atoms with Crippen molar-refractivity contribution in [1.82, 2.24) is 4.72 Å². The maximum Gasteiger partial charge on any atom is 0.261 e. The van der Waals surface area contributed by atoms with E-state index in [9.17, 15) is 30.0 Å². The lowest BCUT2D eigenvalue weighted by atomic mass is 10.3. The summed E-state index contributed by atoms with van der Waals surface area (Å²) in [5, 5.41) is 0. The van der Waals surface area contributed by atoms with Crippen LogP contribution in [0, 0.1) is 5.82 Å². The van der Waals surface area contributed by atoms with Crippen LogP contribution in [0.1, 0.15) is 0 Å². The number of benzene rings is 1. The van der Waals surface area contributed by atoms with Gasteiger partial charge in [-0.05, 0) is 18.2 Å². The fourth-order valence-electron chi connectivity index (χ4n) is 1.10. The molecule has 0 atom stereocenters. The van der Waals surface area contributed by atoms with Gasteiger partial charge >= 0.3 is 0 Å². The molecule has 0 amide bonds. The zero-order valence-corrected chi connectivity index (χ0v) is 11.4. The quantitative estimate of drug-likeness (QED) is 0.821. The van der Waals surface area contributed by atoms with Gasteiger partial charge in [0.2, 0.25) is 10.0 Å². The summed E-state index contributed by atoms with van der Waals surface area (Å²) in [6, 6.07) is 1.76. The van der Waals surface area contributed by atoms with Crippen molar-refractivity contribution in [2.45, 2.75) is 16.2 Å². The Morgan fingerprint density at radius 1 is 1.21 bits per heavy atom. The Balaban J connectivity index is 3.16. The molecule has 0 saturated carbocycles. The van der Waals surface area contributed by atoms with Gasteiger partial charge in [0.25, 0.3) is 15.5 Å². The highest BCUT2D eigenvalue weighted by Gasteiger charge is 2.22. The molecule has 0 fully saturated rings. The van der Waals surface area contributed by atoms with Crippen molar-refractivity contribution in [3.05, 3.63) is 24.0 Å². The lowest BCUT2D eigenvalue weighted by Crippen LogP contribution is -2.29. The Kier molecular flexibility index (Phi) is 4.82. The lowest BCUT2D eigenvalue weighted by Gasteiger charge is -2.07. The third-order valence-corrected chi connectivity index (χ3v) is 4.71. The summed E-state index contributed by atoms with van der Waals surface area (Å²) >= 11 is 0. The molecule has 0 aliphatic carbocycles. The first-order valence-corrected chi connectivity index (χ1v) is 8.35. The van der Waals surface area contributed by atoms with E-state index in [0.29, 0.717) is 12.1 Å². The molecule has 0 aliphatic heterocycles. The Labute approximate surface area is 111 Å². The number of alkyl halides is 2. The molecule has 1 aromatic carbocycles. The number of halogens is 4. The van der Waals surface area contributed by atoms with E-state index in [-0.39, 0.29) is 0 Å². The Morgan fingerprint density at radius 3 is 2.21 bits per heavy atom. The maximum absolute atomic E-state index is 13.5. The molecule has 0 bridgehead atoms. The zero-order valence-electron chi connectivity index (χ0n) is 8.98. The zero-order chi connectivity index (χ0) is 14.8. The van der Waals surface area contributed by atoms with Crippen LogP contribution in [0.25, 0.3) is 0 Å². The fraction of sp³-hybridized carbons (Fsp3) is 0.250. The summed E-state index contributed by atoms with van der Waals surface area (Å²) in [7, 11) is -3.77. The molecule has 5 nitrogen and oxygen atoms in total. The first-order valence-electron chi connectivity index (χ1n) is 4.56. The number of rotatable bonds is 5. The van der Waals surface area contributed by atoms with Crippen LogP contribution in [-0.2, 0) is 19.1 Å². The van der Waals surface area contributed by atoms with E-state index in [2.05, 4.69) is 0 Å². The molecular formula is C8H7ClF3NO4S2. The first-order chi connectivity index (χ1) is 8.54. The summed E-state index contributed by atoms with van der Waals surface area (Å²) in [5.74, 6) is -1.41. The molecule has 0 heterocycles. The molecule has 0 radical (unpaired) electrons. The second-order valence-electron chi connectivity index (χ2n) is 3.27. The van der Waals surface area contributed by atoms with Crippen LogP contribution in [-0.4, -0.2) is 29.8 Å². The summed E-state index contributed by atoms with van der Waals surface area (Å²) in [4.78, 5) is -1.59. The van der Waals surface area contributed by atoms with E-state index in [1.54, 1.807) is 0 Å². The van der Waals surface area contributed by atoms with E-state index >= 15 is 0 Å². The maximum atomic E-state index is 13.5. The highest BCUT2D eigenvalue weighted by atomic mass is 35.7. The van der Waals surface area contributed by atoms with Crippen LogP contribution in [0.2, 0.25) is 0 Å².